The van der Waals surface area contributed by atoms with Crippen LogP contribution in [0.5, 0.6) is 0 Å². The predicted octanol–water partition coefficient (Wildman–Crippen LogP) is 0.960. The molecule has 1 aliphatic rings. The lowest BCUT2D eigenvalue weighted by molar-refractivity contribution is 0.643. The standard InChI is InChI=1S/C11H12N4/c12-7-10-13-14-11-9-4-2-1-3-8(9)5-6-15(10)11/h1-4H,5-7,12H2. The summed E-state index contributed by atoms with van der Waals surface area (Å²) in [6, 6.07) is 8.34. The molecule has 2 heterocycles. The van der Waals surface area contributed by atoms with Gasteiger partial charge in [0.1, 0.15) is 5.82 Å². The second-order valence-corrected chi connectivity index (χ2v) is 3.70. The minimum absolute atomic E-state index is 0.454. The summed E-state index contributed by atoms with van der Waals surface area (Å²) in [7, 11) is 0. The van der Waals surface area contributed by atoms with E-state index in [9.17, 15) is 0 Å². The third kappa shape index (κ3) is 1.18. The van der Waals surface area contributed by atoms with Crippen LogP contribution in [0.4, 0.5) is 0 Å². The van der Waals surface area contributed by atoms with Crippen molar-refractivity contribution in [1.82, 2.24) is 14.8 Å². The van der Waals surface area contributed by atoms with Crippen LogP contribution in [0.25, 0.3) is 11.4 Å². The van der Waals surface area contributed by atoms with Crippen molar-refractivity contribution >= 4 is 0 Å². The van der Waals surface area contributed by atoms with E-state index < -0.39 is 0 Å². The first-order valence-electron chi connectivity index (χ1n) is 5.10. The molecule has 1 aliphatic heterocycles. The van der Waals surface area contributed by atoms with Crippen molar-refractivity contribution in [3.63, 3.8) is 0 Å². The van der Waals surface area contributed by atoms with Crippen LogP contribution in [-0.4, -0.2) is 14.8 Å². The van der Waals surface area contributed by atoms with Gasteiger partial charge in [-0.25, -0.2) is 0 Å². The maximum atomic E-state index is 5.61. The number of nitrogens with two attached hydrogens (primary N) is 1. The second kappa shape index (κ2) is 3.17. The van der Waals surface area contributed by atoms with Gasteiger partial charge >= 0.3 is 0 Å². The highest BCUT2D eigenvalue weighted by atomic mass is 15.3. The summed E-state index contributed by atoms with van der Waals surface area (Å²) in [4.78, 5) is 0. The molecule has 4 nitrogen and oxygen atoms in total. The Morgan fingerprint density at radius 1 is 1.27 bits per heavy atom. The van der Waals surface area contributed by atoms with Crippen molar-refractivity contribution in [2.75, 3.05) is 0 Å². The van der Waals surface area contributed by atoms with E-state index in [0.717, 1.165) is 24.6 Å². The first kappa shape index (κ1) is 8.61. The Morgan fingerprint density at radius 3 is 3.00 bits per heavy atom. The fourth-order valence-electron chi connectivity index (χ4n) is 2.11. The Hall–Kier alpha value is -1.68. The predicted molar refractivity (Wildman–Crippen MR) is 57.1 cm³/mol. The summed E-state index contributed by atoms with van der Waals surface area (Å²) in [6.07, 6.45) is 1.04. The van der Waals surface area contributed by atoms with Gasteiger partial charge in [-0.3, -0.25) is 0 Å². The van der Waals surface area contributed by atoms with Crippen molar-refractivity contribution in [1.29, 1.82) is 0 Å². The van der Waals surface area contributed by atoms with Crippen LogP contribution >= 0.6 is 0 Å². The Kier molecular flexibility index (Phi) is 1.82. The van der Waals surface area contributed by atoms with Crippen LogP contribution in [0.15, 0.2) is 24.3 Å². The number of benzene rings is 1. The second-order valence-electron chi connectivity index (χ2n) is 3.70. The first-order chi connectivity index (χ1) is 7.40. The molecule has 0 atom stereocenters. The summed E-state index contributed by atoms with van der Waals surface area (Å²) in [6.45, 7) is 1.39. The molecular weight excluding hydrogens is 188 g/mol. The smallest absolute Gasteiger partial charge is 0.164 e. The summed E-state index contributed by atoms with van der Waals surface area (Å²) in [5, 5.41) is 8.30. The Balaban J connectivity index is 2.22. The third-order valence-electron chi connectivity index (χ3n) is 2.87. The highest BCUT2D eigenvalue weighted by molar-refractivity contribution is 5.62. The van der Waals surface area contributed by atoms with Crippen LogP contribution in [0, 0.1) is 0 Å². The lowest BCUT2D eigenvalue weighted by atomic mass is 10.0. The van der Waals surface area contributed by atoms with Gasteiger partial charge in [-0.15, -0.1) is 10.2 Å². The molecule has 15 heavy (non-hydrogen) atoms. The zero-order valence-corrected chi connectivity index (χ0v) is 8.35. The molecule has 0 amide bonds. The normalized spacial score (nSPS) is 13.4. The van der Waals surface area contributed by atoms with Crippen LogP contribution in [0.3, 0.4) is 0 Å². The van der Waals surface area contributed by atoms with Crippen molar-refractivity contribution in [2.24, 2.45) is 5.73 Å². The monoisotopic (exact) mass is 200 g/mol. The molecular formula is C11H12N4. The largest absolute Gasteiger partial charge is 0.324 e. The first-order valence-corrected chi connectivity index (χ1v) is 5.10. The molecule has 76 valence electrons. The maximum absolute atomic E-state index is 5.61. The molecule has 0 saturated heterocycles. The summed E-state index contributed by atoms with van der Waals surface area (Å²) in [5.74, 6) is 1.83. The van der Waals surface area contributed by atoms with Crippen LogP contribution in [0.2, 0.25) is 0 Å². The van der Waals surface area contributed by atoms with Gasteiger partial charge in [-0.05, 0) is 12.0 Å². The van der Waals surface area contributed by atoms with Gasteiger partial charge in [0.25, 0.3) is 0 Å². The number of rotatable bonds is 1. The number of aromatic nitrogens is 3. The van der Waals surface area contributed by atoms with Crippen LogP contribution in [0.1, 0.15) is 11.4 Å². The molecule has 0 radical (unpaired) electrons. The molecule has 4 heteroatoms. The molecule has 0 saturated carbocycles. The van der Waals surface area contributed by atoms with E-state index in [0.29, 0.717) is 6.54 Å². The molecule has 2 aromatic rings. The van der Waals surface area contributed by atoms with E-state index in [1.807, 2.05) is 6.07 Å². The van der Waals surface area contributed by atoms with Gasteiger partial charge in [0.15, 0.2) is 5.82 Å². The minimum Gasteiger partial charge on any atom is -0.324 e. The lowest BCUT2D eigenvalue weighted by Gasteiger charge is -2.17. The van der Waals surface area contributed by atoms with E-state index in [4.69, 9.17) is 5.73 Å². The molecule has 3 rings (SSSR count). The fraction of sp³-hybridized carbons (Fsp3) is 0.273. The Morgan fingerprint density at radius 2 is 2.13 bits per heavy atom. The third-order valence-corrected chi connectivity index (χ3v) is 2.87. The lowest BCUT2D eigenvalue weighted by Crippen LogP contribution is -2.15. The van der Waals surface area contributed by atoms with Gasteiger partial charge in [-0.1, -0.05) is 24.3 Å². The van der Waals surface area contributed by atoms with Crippen molar-refractivity contribution in [3.8, 4) is 11.4 Å². The zero-order chi connectivity index (χ0) is 10.3. The molecule has 1 aromatic carbocycles. The quantitative estimate of drug-likeness (QED) is 0.746. The fourth-order valence-corrected chi connectivity index (χ4v) is 2.11. The van der Waals surface area contributed by atoms with Gasteiger partial charge < -0.3 is 10.3 Å². The van der Waals surface area contributed by atoms with Crippen molar-refractivity contribution in [3.05, 3.63) is 35.7 Å². The van der Waals surface area contributed by atoms with Gasteiger partial charge in [0, 0.05) is 12.1 Å². The Labute approximate surface area is 87.7 Å². The van der Waals surface area contributed by atoms with Gasteiger partial charge in [0.05, 0.1) is 6.54 Å². The molecule has 2 N–H and O–H groups in total. The number of nitrogens with zero attached hydrogens (tertiary/aromatic N) is 3. The maximum Gasteiger partial charge on any atom is 0.164 e. The average molecular weight is 200 g/mol. The number of fused-ring (bicyclic) bond motifs is 3. The summed E-state index contributed by atoms with van der Waals surface area (Å²) < 4.78 is 2.11. The molecule has 1 aromatic heterocycles. The molecule has 0 fully saturated rings. The summed E-state index contributed by atoms with van der Waals surface area (Å²) >= 11 is 0. The van der Waals surface area contributed by atoms with Gasteiger partial charge in [-0.2, -0.15) is 0 Å². The number of aryl methyl sites for hydroxylation is 1. The van der Waals surface area contributed by atoms with E-state index in [1.54, 1.807) is 0 Å². The van der Waals surface area contributed by atoms with Crippen LogP contribution in [-0.2, 0) is 19.5 Å². The highest BCUT2D eigenvalue weighted by Gasteiger charge is 2.19. The average Bonchev–Trinajstić information content (AvgIpc) is 2.72. The number of hydrogen-bond donors (Lipinski definition) is 1. The molecule has 0 spiro atoms. The van der Waals surface area contributed by atoms with E-state index in [1.165, 1.54) is 11.1 Å². The molecule has 0 unspecified atom stereocenters. The van der Waals surface area contributed by atoms with E-state index >= 15 is 0 Å². The topological polar surface area (TPSA) is 56.7 Å². The summed E-state index contributed by atoms with van der Waals surface area (Å²) in [5.41, 5.74) is 8.15. The molecule has 0 aliphatic carbocycles. The van der Waals surface area contributed by atoms with Crippen molar-refractivity contribution in [2.45, 2.75) is 19.5 Å². The number of hydrogen-bond acceptors (Lipinski definition) is 3. The van der Waals surface area contributed by atoms with Crippen molar-refractivity contribution < 1.29 is 0 Å². The van der Waals surface area contributed by atoms with E-state index in [2.05, 4.69) is 33.0 Å². The minimum atomic E-state index is 0.454. The Bertz CT molecular complexity index is 501. The zero-order valence-electron chi connectivity index (χ0n) is 8.35. The van der Waals surface area contributed by atoms with E-state index in [-0.39, 0.29) is 0 Å². The SMILES string of the molecule is NCc1nnc2n1CCc1ccccc1-2. The van der Waals surface area contributed by atoms with Crippen LogP contribution < -0.4 is 5.73 Å². The highest BCUT2D eigenvalue weighted by Crippen LogP contribution is 2.27. The molecule has 0 bridgehead atoms. The van der Waals surface area contributed by atoms with Gasteiger partial charge in [0.2, 0.25) is 0 Å².